The Bertz CT molecular complexity index is 705. The molecule has 2 N–H and O–H groups in total. The molecule has 0 radical (unpaired) electrons. The van der Waals surface area contributed by atoms with Crippen LogP contribution in [0, 0.1) is 11.3 Å². The summed E-state index contributed by atoms with van der Waals surface area (Å²) in [7, 11) is 1.50. The number of aromatic nitrogens is 2. The smallest absolute Gasteiger partial charge is 0.150 e. The van der Waals surface area contributed by atoms with Crippen molar-refractivity contribution in [3.05, 3.63) is 52.0 Å². The number of benzene rings is 1. The number of halogens is 1. The average molecular weight is 377 g/mol. The predicted molar refractivity (Wildman–Crippen MR) is 94.0 cm³/mol. The van der Waals surface area contributed by atoms with E-state index in [9.17, 15) is 4.79 Å². The summed E-state index contributed by atoms with van der Waals surface area (Å²) in [6, 6.07) is 7.41. The molecule has 3 rings (SSSR count). The zero-order chi connectivity index (χ0) is 17.5. The number of fused-ring (bicyclic) bond motifs is 1. The summed E-state index contributed by atoms with van der Waals surface area (Å²) in [4.78, 5) is 15.9. The van der Waals surface area contributed by atoms with E-state index in [1.807, 2.05) is 24.5 Å². The van der Waals surface area contributed by atoms with Crippen LogP contribution in [-0.4, -0.2) is 22.9 Å². The number of nitriles is 1. The summed E-state index contributed by atoms with van der Waals surface area (Å²) in [5, 5.41) is 8.91. The Labute approximate surface area is 145 Å². The molecule has 0 aliphatic carbocycles. The Hall–Kier alpha value is -1.97. The number of aryl methyl sites for hydroxylation is 1. The van der Waals surface area contributed by atoms with E-state index >= 15 is 0 Å². The van der Waals surface area contributed by atoms with Crippen LogP contribution in [0.4, 0.5) is 0 Å². The molecule has 0 saturated heterocycles. The van der Waals surface area contributed by atoms with Gasteiger partial charge >= 0.3 is 0 Å². The van der Waals surface area contributed by atoms with Crippen LogP contribution in [-0.2, 0) is 16.8 Å². The van der Waals surface area contributed by atoms with Crippen LogP contribution in [0.5, 0.6) is 0 Å². The summed E-state index contributed by atoms with van der Waals surface area (Å²) >= 11 is 3.47. The van der Waals surface area contributed by atoms with Crippen molar-refractivity contribution < 1.29 is 4.79 Å². The number of carbonyl (C=O) groups is 1. The highest BCUT2D eigenvalue weighted by atomic mass is 79.9. The lowest BCUT2D eigenvalue weighted by molar-refractivity contribution is -0.113. The first-order valence-electron chi connectivity index (χ1n) is 7.47. The second-order valence-corrected chi connectivity index (χ2v) is 5.46. The summed E-state index contributed by atoms with van der Waals surface area (Å²) < 4.78 is 2.70. The van der Waals surface area contributed by atoms with Gasteiger partial charge in [-0.25, -0.2) is 4.98 Å². The van der Waals surface area contributed by atoms with Crippen molar-refractivity contribution in [1.29, 1.82) is 5.26 Å². The molecule has 1 aromatic heterocycles. The first kappa shape index (κ1) is 19.1. The fourth-order valence-electron chi connectivity index (χ4n) is 2.69. The largest absolute Gasteiger partial charge is 0.333 e. The van der Waals surface area contributed by atoms with Crippen LogP contribution in [0.25, 0.3) is 0 Å². The highest BCUT2D eigenvalue weighted by molar-refractivity contribution is 9.10. The van der Waals surface area contributed by atoms with Crippen molar-refractivity contribution in [2.24, 2.45) is 5.73 Å². The topological polar surface area (TPSA) is 84.7 Å². The minimum Gasteiger partial charge on any atom is -0.333 e. The third-order valence-electron chi connectivity index (χ3n) is 3.67. The molecule has 0 spiro atoms. The highest BCUT2D eigenvalue weighted by Gasteiger charge is 2.41. The van der Waals surface area contributed by atoms with Gasteiger partial charge in [0, 0.05) is 16.4 Å². The third-order valence-corrected chi connectivity index (χ3v) is 4.32. The molecule has 0 fully saturated rings. The molecule has 1 unspecified atom stereocenters. The van der Waals surface area contributed by atoms with Crippen LogP contribution in [0.3, 0.4) is 0 Å². The minimum atomic E-state index is -0.710. The van der Waals surface area contributed by atoms with Gasteiger partial charge in [-0.15, -0.1) is 0 Å². The predicted octanol–water partition coefficient (Wildman–Crippen LogP) is 3.01. The summed E-state index contributed by atoms with van der Waals surface area (Å²) in [5.74, 6) is 0. The third kappa shape index (κ3) is 3.36. The number of hydrogen-bond donors (Lipinski definition) is 1. The van der Waals surface area contributed by atoms with Crippen molar-refractivity contribution >= 4 is 22.2 Å². The van der Waals surface area contributed by atoms with Gasteiger partial charge in [0.05, 0.1) is 18.0 Å². The van der Waals surface area contributed by atoms with Crippen LogP contribution in [0.15, 0.2) is 35.2 Å². The monoisotopic (exact) mass is 376 g/mol. The fourth-order valence-corrected chi connectivity index (χ4v) is 3.41. The molecule has 122 valence electrons. The van der Waals surface area contributed by atoms with E-state index in [4.69, 9.17) is 5.26 Å². The molecule has 23 heavy (non-hydrogen) atoms. The van der Waals surface area contributed by atoms with E-state index in [0.29, 0.717) is 5.56 Å². The maximum absolute atomic E-state index is 11.8. The van der Waals surface area contributed by atoms with Crippen molar-refractivity contribution in [2.75, 3.05) is 7.05 Å². The van der Waals surface area contributed by atoms with Crippen molar-refractivity contribution in [3.63, 3.8) is 0 Å². The van der Waals surface area contributed by atoms with E-state index in [-0.39, 0.29) is 0 Å². The molecule has 2 heterocycles. The number of hydrogen-bond acceptors (Lipinski definition) is 4. The first-order valence-corrected chi connectivity index (χ1v) is 8.26. The highest BCUT2D eigenvalue weighted by Crippen LogP contribution is 2.39. The molecule has 1 aliphatic rings. The normalized spacial score (nSPS) is 17.7. The maximum Gasteiger partial charge on any atom is 0.150 e. The zero-order valence-corrected chi connectivity index (χ0v) is 15.2. The fraction of sp³-hybridized carbons (Fsp3) is 0.353. The minimum absolute atomic E-state index is 0.570. The molecule has 1 aromatic carbocycles. The molecule has 2 aromatic rings. The number of imidazole rings is 1. The Kier molecular flexibility index (Phi) is 7.14. The van der Waals surface area contributed by atoms with Gasteiger partial charge in [0.2, 0.25) is 0 Å². The van der Waals surface area contributed by atoms with Gasteiger partial charge in [-0.2, -0.15) is 5.26 Å². The van der Waals surface area contributed by atoms with Crippen molar-refractivity contribution in [2.45, 2.75) is 32.2 Å². The number of rotatable bonds is 2. The van der Waals surface area contributed by atoms with Crippen LogP contribution < -0.4 is 5.73 Å². The van der Waals surface area contributed by atoms with Gasteiger partial charge < -0.3 is 15.1 Å². The Morgan fingerprint density at radius 2 is 2.13 bits per heavy atom. The first-order chi connectivity index (χ1) is 11.2. The average Bonchev–Trinajstić information content (AvgIpc) is 3.21. The van der Waals surface area contributed by atoms with Gasteiger partial charge in [0.25, 0.3) is 0 Å². The summed E-state index contributed by atoms with van der Waals surface area (Å²) in [6.45, 7) is 4.00. The number of nitrogens with zero attached hydrogens (tertiary/aromatic N) is 3. The standard InChI is InChI=1S/C14H10BrN3O.C2H6.CH5N/c15-13-5-10(6-16)1-2-12(13)14(8-19)4-3-11-7-17-9-18(11)14;2*1-2/h1-2,5,7-9H,3-4H2;1-2H3;2H2,1H3. The van der Waals surface area contributed by atoms with E-state index in [0.717, 1.165) is 34.9 Å². The lowest BCUT2D eigenvalue weighted by atomic mass is 9.88. The molecule has 6 heteroatoms. The quantitative estimate of drug-likeness (QED) is 0.816. The van der Waals surface area contributed by atoms with Gasteiger partial charge in [-0.3, -0.25) is 0 Å². The van der Waals surface area contributed by atoms with Crippen molar-refractivity contribution in [3.8, 4) is 6.07 Å². The SMILES string of the molecule is CC.CN.N#Cc1ccc(C2(C=O)CCc3cncn32)c(Br)c1. The lowest BCUT2D eigenvalue weighted by Crippen LogP contribution is -2.33. The second-order valence-electron chi connectivity index (χ2n) is 4.60. The zero-order valence-electron chi connectivity index (χ0n) is 13.6. The van der Waals surface area contributed by atoms with E-state index in [1.165, 1.54) is 7.05 Å². The summed E-state index contributed by atoms with van der Waals surface area (Å²) in [6.07, 6.45) is 6.01. The molecule has 0 amide bonds. The van der Waals surface area contributed by atoms with E-state index in [2.05, 4.69) is 32.7 Å². The number of aldehydes is 1. The molecule has 0 bridgehead atoms. The van der Waals surface area contributed by atoms with E-state index in [1.54, 1.807) is 24.7 Å². The van der Waals surface area contributed by atoms with Gasteiger partial charge in [-0.1, -0.05) is 35.8 Å². The number of nitrogens with two attached hydrogens (primary N) is 1. The molecule has 1 atom stereocenters. The van der Waals surface area contributed by atoms with Gasteiger partial charge in [-0.05, 0) is 37.6 Å². The Morgan fingerprint density at radius 3 is 2.70 bits per heavy atom. The second kappa shape index (κ2) is 8.61. The van der Waals surface area contributed by atoms with Crippen LogP contribution in [0.1, 0.15) is 37.1 Å². The Morgan fingerprint density at radius 1 is 1.43 bits per heavy atom. The maximum atomic E-state index is 11.8. The number of carbonyl (C=O) groups excluding carboxylic acids is 1. The van der Waals surface area contributed by atoms with Crippen LogP contribution in [0.2, 0.25) is 0 Å². The van der Waals surface area contributed by atoms with E-state index < -0.39 is 5.54 Å². The summed E-state index contributed by atoms with van der Waals surface area (Å²) in [5.41, 5.74) is 6.29. The molecule has 0 saturated carbocycles. The molecular formula is C17H21BrN4O. The van der Waals surface area contributed by atoms with Crippen molar-refractivity contribution in [1.82, 2.24) is 9.55 Å². The van der Waals surface area contributed by atoms with Crippen LogP contribution >= 0.6 is 15.9 Å². The Balaban J connectivity index is 0.000000615. The lowest BCUT2D eigenvalue weighted by Gasteiger charge is -2.26. The van der Waals surface area contributed by atoms with Gasteiger partial charge in [0.1, 0.15) is 5.54 Å². The molecule has 5 nitrogen and oxygen atoms in total. The molecule has 1 aliphatic heterocycles. The molecular weight excluding hydrogens is 356 g/mol. The van der Waals surface area contributed by atoms with Gasteiger partial charge in [0.15, 0.2) is 6.29 Å².